The smallest absolute Gasteiger partial charge is 0.324 e. The Hall–Kier alpha value is -3.18. The van der Waals surface area contributed by atoms with Crippen LogP contribution in [0.5, 0.6) is 0 Å². The predicted octanol–water partition coefficient (Wildman–Crippen LogP) is 6.40. The number of imide groups is 1. The number of hydrogen-bond donors (Lipinski definition) is 0. The molecule has 3 amide bonds. The molecule has 0 aromatic heterocycles. The van der Waals surface area contributed by atoms with E-state index in [1.165, 1.54) is 4.90 Å². The fourth-order valence-electron chi connectivity index (χ4n) is 5.21. The van der Waals surface area contributed by atoms with Crippen molar-refractivity contribution >= 4 is 25.9 Å². The summed E-state index contributed by atoms with van der Waals surface area (Å²) in [6, 6.07) is 31.5. The highest BCUT2D eigenvalue weighted by molar-refractivity contribution is 6.80. The lowest BCUT2D eigenvalue weighted by atomic mass is 9.82. The van der Waals surface area contributed by atoms with E-state index in [2.05, 4.69) is 20.8 Å². The van der Waals surface area contributed by atoms with Crippen molar-refractivity contribution in [3.05, 3.63) is 102 Å². The summed E-state index contributed by atoms with van der Waals surface area (Å²) in [5.74, 6) is -0.196. The zero-order chi connectivity index (χ0) is 22.8. The Balaban J connectivity index is 2.10. The van der Waals surface area contributed by atoms with E-state index in [1.807, 2.05) is 95.6 Å². The van der Waals surface area contributed by atoms with Crippen LogP contribution in [0.2, 0.25) is 18.1 Å². The van der Waals surface area contributed by atoms with Crippen molar-refractivity contribution < 1.29 is 9.59 Å². The summed E-state index contributed by atoms with van der Waals surface area (Å²) >= 11 is 0. The first-order chi connectivity index (χ1) is 15.6. The van der Waals surface area contributed by atoms with Gasteiger partial charge in [0.05, 0.1) is 5.69 Å². The molecule has 0 aliphatic carbocycles. The van der Waals surface area contributed by atoms with Gasteiger partial charge in [0.15, 0.2) is 13.8 Å². The molecule has 3 aromatic carbocycles. The molecule has 0 spiro atoms. The van der Waals surface area contributed by atoms with E-state index in [9.17, 15) is 9.59 Å². The van der Waals surface area contributed by atoms with Gasteiger partial charge in [0, 0.05) is 0 Å². The standard InChI is InChI=1S/C27H30N2O2Si/c1-4-32(5-2,6-3)29-26(31)28(24-20-14-9-15-21-24)25(30)27(29,22-16-10-7-11-17-22)23-18-12-8-13-19-23/h7-21H,4-6H2,1-3H3. The zero-order valence-corrected chi connectivity index (χ0v) is 20.0. The minimum absolute atomic E-state index is 0.196. The van der Waals surface area contributed by atoms with Crippen molar-refractivity contribution in [3.8, 4) is 0 Å². The van der Waals surface area contributed by atoms with Crippen molar-refractivity contribution in [1.29, 1.82) is 0 Å². The molecule has 1 heterocycles. The first-order valence-electron chi connectivity index (χ1n) is 11.4. The van der Waals surface area contributed by atoms with Gasteiger partial charge in [-0.3, -0.25) is 4.79 Å². The van der Waals surface area contributed by atoms with Crippen molar-refractivity contribution in [3.63, 3.8) is 0 Å². The Kier molecular flexibility index (Phi) is 6.02. The first kappa shape index (κ1) is 22.0. The maximum Gasteiger partial charge on any atom is 0.324 e. The topological polar surface area (TPSA) is 40.6 Å². The number of carbonyl (C=O) groups is 2. The largest absolute Gasteiger partial charge is 0.330 e. The quantitative estimate of drug-likeness (QED) is 0.314. The van der Waals surface area contributed by atoms with E-state index < -0.39 is 13.8 Å². The fourth-order valence-corrected chi connectivity index (χ4v) is 9.23. The molecule has 32 heavy (non-hydrogen) atoms. The second kappa shape index (κ2) is 8.75. The van der Waals surface area contributed by atoms with Gasteiger partial charge in [-0.1, -0.05) is 99.6 Å². The minimum Gasteiger partial charge on any atom is -0.330 e. The van der Waals surface area contributed by atoms with Gasteiger partial charge in [0.2, 0.25) is 0 Å². The molecule has 0 N–H and O–H groups in total. The number of carbonyl (C=O) groups excluding carboxylic acids is 2. The van der Waals surface area contributed by atoms with Crippen LogP contribution in [0, 0.1) is 0 Å². The highest BCUT2D eigenvalue weighted by Crippen LogP contribution is 2.49. The second-order valence-electron chi connectivity index (χ2n) is 8.32. The molecule has 5 heteroatoms. The number of anilines is 1. The number of hydrogen-bond acceptors (Lipinski definition) is 2. The zero-order valence-electron chi connectivity index (χ0n) is 19.0. The van der Waals surface area contributed by atoms with Gasteiger partial charge < -0.3 is 4.57 Å². The van der Waals surface area contributed by atoms with Gasteiger partial charge in [-0.2, -0.15) is 0 Å². The Labute approximate surface area is 191 Å². The normalized spacial score (nSPS) is 16.0. The molecule has 1 aliphatic heterocycles. The monoisotopic (exact) mass is 442 g/mol. The molecule has 1 saturated heterocycles. The summed E-state index contributed by atoms with van der Waals surface area (Å²) in [5.41, 5.74) is 1.13. The molecule has 0 saturated carbocycles. The van der Waals surface area contributed by atoms with Crippen LogP contribution in [0.15, 0.2) is 91.0 Å². The Morgan fingerprint density at radius 1 is 0.656 bits per heavy atom. The first-order valence-corrected chi connectivity index (χ1v) is 14.0. The third-order valence-corrected chi connectivity index (χ3v) is 12.5. The average Bonchev–Trinajstić information content (AvgIpc) is 3.10. The van der Waals surface area contributed by atoms with Crippen molar-refractivity contribution in [1.82, 2.24) is 4.57 Å². The summed E-state index contributed by atoms with van der Waals surface area (Å²) in [6.07, 6.45) is 0. The van der Waals surface area contributed by atoms with Gasteiger partial charge in [-0.15, -0.1) is 0 Å². The van der Waals surface area contributed by atoms with Crippen LogP contribution in [0.25, 0.3) is 0 Å². The van der Waals surface area contributed by atoms with E-state index >= 15 is 0 Å². The summed E-state index contributed by atoms with van der Waals surface area (Å²) in [5, 5.41) is 0. The molecular weight excluding hydrogens is 412 g/mol. The molecular formula is C27H30N2O2Si. The number of rotatable bonds is 7. The highest BCUT2D eigenvalue weighted by Gasteiger charge is 2.64. The summed E-state index contributed by atoms with van der Waals surface area (Å²) in [4.78, 5) is 30.2. The van der Waals surface area contributed by atoms with Crippen molar-refractivity contribution in [2.45, 2.75) is 44.4 Å². The van der Waals surface area contributed by atoms with E-state index in [4.69, 9.17) is 0 Å². The average molecular weight is 443 g/mol. The third kappa shape index (κ3) is 3.11. The molecule has 0 radical (unpaired) electrons. The van der Waals surface area contributed by atoms with Crippen molar-refractivity contribution in [2.24, 2.45) is 0 Å². The molecule has 0 atom stereocenters. The molecule has 0 unspecified atom stereocenters. The summed E-state index contributed by atoms with van der Waals surface area (Å²) < 4.78 is 2.03. The lowest BCUT2D eigenvalue weighted by molar-refractivity contribution is -0.122. The molecule has 4 rings (SSSR count). The third-order valence-electron chi connectivity index (χ3n) is 7.08. The lowest BCUT2D eigenvalue weighted by Gasteiger charge is -2.47. The number of para-hydroxylation sites is 1. The van der Waals surface area contributed by atoms with Gasteiger partial charge in [0.1, 0.15) is 0 Å². The number of benzene rings is 3. The van der Waals surface area contributed by atoms with Crippen LogP contribution in [-0.4, -0.2) is 24.7 Å². The van der Waals surface area contributed by atoms with Crippen LogP contribution < -0.4 is 4.90 Å². The van der Waals surface area contributed by atoms with Gasteiger partial charge in [-0.05, 0) is 41.4 Å². The van der Waals surface area contributed by atoms with E-state index in [1.54, 1.807) is 0 Å². The maximum absolute atomic E-state index is 14.5. The number of nitrogens with zero attached hydrogens (tertiary/aromatic N) is 2. The summed E-state index contributed by atoms with van der Waals surface area (Å²) in [7, 11) is -2.34. The van der Waals surface area contributed by atoms with Crippen molar-refractivity contribution in [2.75, 3.05) is 4.90 Å². The minimum atomic E-state index is -2.34. The van der Waals surface area contributed by atoms with Crippen LogP contribution in [0.3, 0.4) is 0 Å². The molecule has 164 valence electrons. The summed E-state index contributed by atoms with van der Waals surface area (Å²) in [6.45, 7) is 6.51. The Morgan fingerprint density at radius 3 is 1.47 bits per heavy atom. The molecule has 4 nitrogen and oxygen atoms in total. The van der Waals surface area contributed by atoms with Crippen LogP contribution >= 0.6 is 0 Å². The Morgan fingerprint density at radius 2 is 1.06 bits per heavy atom. The van der Waals surface area contributed by atoms with E-state index in [0.29, 0.717) is 5.69 Å². The van der Waals surface area contributed by atoms with Crippen LogP contribution in [0.1, 0.15) is 31.9 Å². The molecule has 1 fully saturated rings. The van der Waals surface area contributed by atoms with Gasteiger partial charge in [0.25, 0.3) is 5.91 Å². The maximum atomic E-state index is 14.5. The number of urea groups is 1. The van der Waals surface area contributed by atoms with Gasteiger partial charge in [-0.25, -0.2) is 9.69 Å². The fraction of sp³-hybridized carbons (Fsp3) is 0.259. The SMILES string of the molecule is CC[Si](CC)(CC)N1C(=O)N(c2ccccc2)C(=O)C1(c1ccccc1)c1ccccc1. The lowest BCUT2D eigenvalue weighted by Crippen LogP contribution is -2.62. The highest BCUT2D eigenvalue weighted by atomic mass is 28.3. The molecule has 1 aliphatic rings. The second-order valence-corrected chi connectivity index (χ2v) is 13.3. The van der Waals surface area contributed by atoms with E-state index in [0.717, 1.165) is 29.3 Å². The van der Waals surface area contributed by atoms with Crippen LogP contribution in [0.4, 0.5) is 10.5 Å². The molecule has 3 aromatic rings. The van der Waals surface area contributed by atoms with Gasteiger partial charge >= 0.3 is 6.03 Å². The van der Waals surface area contributed by atoms with E-state index in [-0.39, 0.29) is 11.9 Å². The Bertz CT molecular complexity index is 1030. The molecule has 0 bridgehead atoms. The predicted molar refractivity (Wildman–Crippen MR) is 132 cm³/mol. The van der Waals surface area contributed by atoms with Crippen LogP contribution in [-0.2, 0) is 10.3 Å². The number of amides is 3.